The number of aliphatic hydroxyl groups is 1. The van der Waals surface area contributed by atoms with E-state index in [-0.39, 0.29) is 22.6 Å². The first-order valence-electron chi connectivity index (χ1n) is 8.41. The number of benzene rings is 1. The van der Waals surface area contributed by atoms with E-state index >= 15 is 0 Å². The van der Waals surface area contributed by atoms with Crippen molar-refractivity contribution >= 4 is 17.4 Å². The standard InChI is InChI=1S/C18H22F3N3O4/c1-9(8-18(19,20)21)22-14-12(15(26)17(14,2)28)23-11-7-5-6-10(13(11)25)16(27)24(3)4/h5-7,9,22-23,25,28H,8H2,1-4H3. The number of phenolic OH excluding ortho intramolecular Hbond substituents is 1. The van der Waals surface area contributed by atoms with Gasteiger partial charge in [0.25, 0.3) is 5.91 Å². The fourth-order valence-corrected chi connectivity index (χ4v) is 2.82. The molecule has 7 nitrogen and oxygen atoms in total. The molecule has 0 heterocycles. The first-order valence-corrected chi connectivity index (χ1v) is 8.41. The predicted molar refractivity (Wildman–Crippen MR) is 95.7 cm³/mol. The van der Waals surface area contributed by atoms with Crippen molar-refractivity contribution in [2.45, 2.75) is 38.1 Å². The van der Waals surface area contributed by atoms with E-state index in [0.29, 0.717) is 0 Å². The molecule has 1 aliphatic rings. The molecule has 28 heavy (non-hydrogen) atoms. The number of Topliss-reactive ketones (excluding diaryl/α,β-unsaturated/α-hetero) is 1. The van der Waals surface area contributed by atoms with Crippen molar-refractivity contribution in [1.29, 1.82) is 0 Å². The molecule has 0 spiro atoms. The summed E-state index contributed by atoms with van der Waals surface area (Å²) in [5, 5.41) is 25.7. The van der Waals surface area contributed by atoms with E-state index in [1.807, 2.05) is 0 Å². The van der Waals surface area contributed by atoms with Crippen molar-refractivity contribution in [2.24, 2.45) is 0 Å². The molecule has 4 N–H and O–H groups in total. The van der Waals surface area contributed by atoms with Gasteiger partial charge < -0.3 is 25.7 Å². The van der Waals surface area contributed by atoms with Gasteiger partial charge in [-0.1, -0.05) is 6.07 Å². The van der Waals surface area contributed by atoms with Gasteiger partial charge in [-0.05, 0) is 26.0 Å². The molecule has 0 aromatic heterocycles. The van der Waals surface area contributed by atoms with E-state index in [0.717, 1.165) is 6.92 Å². The summed E-state index contributed by atoms with van der Waals surface area (Å²) in [4.78, 5) is 25.6. The van der Waals surface area contributed by atoms with E-state index in [4.69, 9.17) is 0 Å². The number of amides is 1. The third-order valence-electron chi connectivity index (χ3n) is 4.27. The average Bonchev–Trinajstić information content (AvgIpc) is 2.56. The van der Waals surface area contributed by atoms with Crippen molar-refractivity contribution in [3.05, 3.63) is 35.2 Å². The van der Waals surface area contributed by atoms with Crippen molar-refractivity contribution in [1.82, 2.24) is 10.2 Å². The van der Waals surface area contributed by atoms with Crippen LogP contribution in [-0.4, -0.2) is 58.7 Å². The first-order chi connectivity index (χ1) is 12.8. The Morgan fingerprint density at radius 2 is 1.93 bits per heavy atom. The van der Waals surface area contributed by atoms with Crippen LogP contribution in [0.4, 0.5) is 18.9 Å². The van der Waals surface area contributed by atoms with Gasteiger partial charge >= 0.3 is 6.18 Å². The zero-order chi connectivity index (χ0) is 21.4. The molecule has 0 bridgehead atoms. The number of carbonyl (C=O) groups is 2. The van der Waals surface area contributed by atoms with Crippen LogP contribution in [0, 0.1) is 0 Å². The van der Waals surface area contributed by atoms with E-state index in [1.54, 1.807) is 0 Å². The summed E-state index contributed by atoms with van der Waals surface area (Å²) in [5.41, 5.74) is -2.28. The number of nitrogens with zero attached hydrogens (tertiary/aromatic N) is 1. The molecule has 2 atom stereocenters. The highest BCUT2D eigenvalue weighted by Crippen LogP contribution is 2.37. The third-order valence-corrected chi connectivity index (χ3v) is 4.27. The van der Waals surface area contributed by atoms with Gasteiger partial charge in [0.05, 0.1) is 23.4 Å². The van der Waals surface area contributed by atoms with Gasteiger partial charge in [-0.15, -0.1) is 0 Å². The molecule has 0 aliphatic heterocycles. The van der Waals surface area contributed by atoms with Crippen LogP contribution >= 0.6 is 0 Å². The Labute approximate surface area is 159 Å². The largest absolute Gasteiger partial charge is 0.505 e. The van der Waals surface area contributed by atoms with Crippen LogP contribution in [0.5, 0.6) is 5.75 Å². The lowest BCUT2D eigenvalue weighted by Gasteiger charge is -2.39. The predicted octanol–water partition coefficient (Wildman–Crippen LogP) is 1.98. The van der Waals surface area contributed by atoms with Gasteiger partial charge in [0.15, 0.2) is 11.4 Å². The summed E-state index contributed by atoms with van der Waals surface area (Å²) < 4.78 is 37.7. The Hall–Kier alpha value is -2.75. The zero-order valence-corrected chi connectivity index (χ0v) is 15.8. The van der Waals surface area contributed by atoms with Crippen molar-refractivity contribution < 1.29 is 33.0 Å². The normalized spacial score (nSPS) is 20.5. The second-order valence-electron chi connectivity index (χ2n) is 7.04. The van der Waals surface area contributed by atoms with Crippen molar-refractivity contribution in [2.75, 3.05) is 19.4 Å². The lowest BCUT2D eigenvalue weighted by atomic mass is 9.81. The van der Waals surface area contributed by atoms with Crippen LogP contribution in [0.2, 0.25) is 0 Å². The number of anilines is 1. The minimum absolute atomic E-state index is 0.00863. The maximum Gasteiger partial charge on any atom is 0.391 e. The van der Waals surface area contributed by atoms with Crippen LogP contribution in [0.25, 0.3) is 0 Å². The van der Waals surface area contributed by atoms with Gasteiger partial charge in [0.2, 0.25) is 5.78 Å². The molecule has 1 aromatic carbocycles. The van der Waals surface area contributed by atoms with Gasteiger partial charge in [-0.25, -0.2) is 0 Å². The Morgan fingerprint density at radius 1 is 1.32 bits per heavy atom. The number of para-hydroxylation sites is 1. The molecular formula is C18H22F3N3O4. The van der Waals surface area contributed by atoms with Gasteiger partial charge in [0.1, 0.15) is 5.70 Å². The van der Waals surface area contributed by atoms with Crippen LogP contribution in [0.15, 0.2) is 29.6 Å². The summed E-state index contributed by atoms with van der Waals surface area (Å²) in [6.45, 7) is 2.43. The maximum atomic E-state index is 12.6. The van der Waals surface area contributed by atoms with E-state index in [1.165, 1.54) is 44.1 Å². The van der Waals surface area contributed by atoms with Gasteiger partial charge in [-0.3, -0.25) is 9.59 Å². The van der Waals surface area contributed by atoms with E-state index in [9.17, 15) is 33.0 Å². The summed E-state index contributed by atoms with van der Waals surface area (Å²) in [5.74, 6) is -1.65. The first kappa shape index (κ1) is 21.5. The smallest absolute Gasteiger partial charge is 0.391 e. The Morgan fingerprint density at radius 3 is 2.46 bits per heavy atom. The van der Waals surface area contributed by atoms with Crippen LogP contribution < -0.4 is 10.6 Å². The number of hydrogen-bond acceptors (Lipinski definition) is 6. The lowest BCUT2D eigenvalue weighted by molar-refractivity contribution is -0.140. The number of aromatic hydroxyl groups is 1. The minimum Gasteiger partial charge on any atom is -0.505 e. The quantitative estimate of drug-likeness (QED) is 0.544. The van der Waals surface area contributed by atoms with Gasteiger partial charge in [0, 0.05) is 20.1 Å². The molecule has 0 fully saturated rings. The molecule has 2 unspecified atom stereocenters. The van der Waals surface area contributed by atoms with Crippen molar-refractivity contribution in [3.63, 3.8) is 0 Å². The van der Waals surface area contributed by atoms with Crippen LogP contribution in [0.1, 0.15) is 30.6 Å². The molecule has 1 amide bonds. The number of halogens is 3. The summed E-state index contributed by atoms with van der Waals surface area (Å²) in [6, 6.07) is 3.16. The van der Waals surface area contributed by atoms with Crippen molar-refractivity contribution in [3.8, 4) is 5.75 Å². The fourth-order valence-electron chi connectivity index (χ4n) is 2.82. The van der Waals surface area contributed by atoms with Crippen LogP contribution in [-0.2, 0) is 4.79 Å². The summed E-state index contributed by atoms with van der Waals surface area (Å²) in [6.07, 6.45) is -5.58. The maximum absolute atomic E-state index is 12.6. The summed E-state index contributed by atoms with van der Waals surface area (Å²) in [7, 11) is 3.00. The highest BCUT2D eigenvalue weighted by molar-refractivity contribution is 6.14. The molecule has 1 aromatic rings. The molecular weight excluding hydrogens is 379 g/mol. The molecule has 154 valence electrons. The Bertz CT molecular complexity index is 832. The highest BCUT2D eigenvalue weighted by atomic mass is 19.4. The number of phenols is 1. The topological polar surface area (TPSA) is 102 Å². The monoisotopic (exact) mass is 401 g/mol. The lowest BCUT2D eigenvalue weighted by Crippen LogP contribution is -2.56. The van der Waals surface area contributed by atoms with Crippen LogP contribution in [0.3, 0.4) is 0 Å². The zero-order valence-electron chi connectivity index (χ0n) is 15.8. The Kier molecular flexibility index (Phi) is 5.65. The number of carbonyl (C=O) groups excluding carboxylic acids is 2. The van der Waals surface area contributed by atoms with E-state index < -0.39 is 41.7 Å². The SMILES string of the molecule is CC(CC(F)(F)F)NC1=C(Nc2cccc(C(=O)N(C)C)c2O)C(=O)C1(C)O. The number of ketones is 1. The van der Waals surface area contributed by atoms with E-state index in [2.05, 4.69) is 10.6 Å². The molecule has 2 rings (SSSR count). The number of rotatable bonds is 6. The summed E-state index contributed by atoms with van der Waals surface area (Å²) >= 11 is 0. The molecule has 0 saturated carbocycles. The molecule has 10 heteroatoms. The Balaban J connectivity index is 2.34. The second-order valence-corrected chi connectivity index (χ2v) is 7.04. The molecule has 1 aliphatic carbocycles. The number of hydrogen-bond donors (Lipinski definition) is 4. The molecule has 0 saturated heterocycles. The second kappa shape index (κ2) is 7.34. The number of alkyl halides is 3. The minimum atomic E-state index is -4.42. The van der Waals surface area contributed by atoms with Gasteiger partial charge in [-0.2, -0.15) is 13.2 Å². The third kappa shape index (κ3) is 4.22. The number of nitrogens with one attached hydrogen (secondary N) is 2. The fraction of sp³-hybridized carbons (Fsp3) is 0.444. The average molecular weight is 401 g/mol. The molecule has 0 radical (unpaired) electrons. The highest BCUT2D eigenvalue weighted by Gasteiger charge is 2.50.